The van der Waals surface area contributed by atoms with Crippen LogP contribution >= 0.6 is 0 Å². The molecule has 0 radical (unpaired) electrons. The van der Waals surface area contributed by atoms with E-state index in [4.69, 9.17) is 9.26 Å². The van der Waals surface area contributed by atoms with Crippen molar-refractivity contribution in [2.24, 2.45) is 0 Å². The molecule has 27 heavy (non-hydrogen) atoms. The van der Waals surface area contributed by atoms with Gasteiger partial charge < -0.3 is 24.8 Å². The average molecular weight is 373 g/mol. The third-order valence-electron chi connectivity index (χ3n) is 4.21. The van der Waals surface area contributed by atoms with Gasteiger partial charge in [0.15, 0.2) is 5.82 Å². The van der Waals surface area contributed by atoms with E-state index in [-0.39, 0.29) is 24.6 Å². The van der Waals surface area contributed by atoms with E-state index >= 15 is 0 Å². The number of amides is 3. The van der Waals surface area contributed by atoms with Crippen LogP contribution in [0.15, 0.2) is 28.8 Å². The molecule has 0 aliphatic carbocycles. The van der Waals surface area contributed by atoms with Gasteiger partial charge in [-0.15, -0.1) is 0 Å². The topological polar surface area (TPSA) is 110 Å². The summed E-state index contributed by atoms with van der Waals surface area (Å²) in [5.74, 6) is 0.726. The Morgan fingerprint density at radius 3 is 2.70 bits per heavy atom. The third-order valence-corrected chi connectivity index (χ3v) is 4.21. The molecule has 3 amide bonds. The Kier molecular flexibility index (Phi) is 6.02. The van der Waals surface area contributed by atoms with E-state index in [1.54, 1.807) is 38.2 Å². The summed E-state index contributed by atoms with van der Waals surface area (Å²) in [5, 5.41) is 9.39. The molecule has 1 aromatic carbocycles. The fourth-order valence-electron chi connectivity index (χ4n) is 2.73. The lowest BCUT2D eigenvalue weighted by atomic mass is 10.2. The van der Waals surface area contributed by atoms with Crippen molar-refractivity contribution in [2.75, 3.05) is 25.5 Å². The summed E-state index contributed by atoms with van der Waals surface area (Å²) in [6.07, 6.45) is 2.11. The van der Waals surface area contributed by atoms with E-state index in [9.17, 15) is 9.59 Å². The lowest BCUT2D eigenvalue weighted by molar-refractivity contribution is 0.0858. The van der Waals surface area contributed by atoms with Gasteiger partial charge in [-0.05, 0) is 37.1 Å². The van der Waals surface area contributed by atoms with Gasteiger partial charge in [-0.1, -0.05) is 5.16 Å². The van der Waals surface area contributed by atoms with Crippen molar-refractivity contribution in [1.29, 1.82) is 0 Å². The van der Waals surface area contributed by atoms with Crippen LogP contribution in [0.5, 0.6) is 0 Å². The zero-order valence-electron chi connectivity index (χ0n) is 15.4. The number of carbonyl (C=O) groups is 2. The number of urea groups is 1. The lowest BCUT2D eigenvalue weighted by Crippen LogP contribution is -2.32. The maximum Gasteiger partial charge on any atom is 0.321 e. The van der Waals surface area contributed by atoms with Crippen LogP contribution in [0.1, 0.15) is 34.9 Å². The zero-order chi connectivity index (χ0) is 19.2. The quantitative estimate of drug-likeness (QED) is 0.801. The molecule has 0 spiro atoms. The second-order valence-corrected chi connectivity index (χ2v) is 6.44. The van der Waals surface area contributed by atoms with Gasteiger partial charge in [0.05, 0.1) is 12.6 Å². The van der Waals surface area contributed by atoms with E-state index in [1.165, 1.54) is 4.90 Å². The number of aryl methyl sites for hydroxylation is 1. The molecule has 1 fully saturated rings. The first kappa shape index (κ1) is 18.8. The Labute approximate surface area is 157 Å². The molecule has 0 bridgehead atoms. The van der Waals surface area contributed by atoms with Gasteiger partial charge in [-0.25, -0.2) is 4.79 Å². The van der Waals surface area contributed by atoms with E-state index in [1.807, 2.05) is 0 Å². The maximum atomic E-state index is 12.2. The zero-order valence-corrected chi connectivity index (χ0v) is 15.4. The van der Waals surface area contributed by atoms with E-state index < -0.39 is 0 Å². The van der Waals surface area contributed by atoms with Crippen molar-refractivity contribution in [2.45, 2.75) is 32.4 Å². The number of rotatable bonds is 6. The Morgan fingerprint density at radius 2 is 2.07 bits per heavy atom. The molecule has 9 nitrogen and oxygen atoms in total. The highest BCUT2D eigenvalue weighted by Gasteiger charge is 2.17. The van der Waals surface area contributed by atoms with Crippen LogP contribution in [0.2, 0.25) is 0 Å². The number of aromatic nitrogens is 2. The summed E-state index contributed by atoms with van der Waals surface area (Å²) in [4.78, 5) is 29.9. The van der Waals surface area contributed by atoms with Crippen molar-refractivity contribution in [3.8, 4) is 0 Å². The second kappa shape index (κ2) is 8.63. The molecule has 2 aromatic rings. The molecule has 2 heterocycles. The Bertz CT molecular complexity index is 783. The largest absolute Gasteiger partial charge is 0.376 e. The van der Waals surface area contributed by atoms with Gasteiger partial charge in [0.2, 0.25) is 5.89 Å². The van der Waals surface area contributed by atoms with Crippen LogP contribution in [0.25, 0.3) is 0 Å². The van der Waals surface area contributed by atoms with Crippen molar-refractivity contribution in [3.05, 3.63) is 41.5 Å². The monoisotopic (exact) mass is 373 g/mol. The molecule has 1 aromatic heterocycles. The number of nitrogens with zero attached hydrogens (tertiary/aromatic N) is 3. The summed E-state index contributed by atoms with van der Waals surface area (Å²) in [6, 6.07) is 6.40. The normalized spacial score (nSPS) is 16.1. The number of ether oxygens (including phenoxy) is 1. The number of hydrogen-bond acceptors (Lipinski definition) is 6. The van der Waals surface area contributed by atoms with Gasteiger partial charge in [0.1, 0.15) is 0 Å². The van der Waals surface area contributed by atoms with Crippen molar-refractivity contribution in [1.82, 2.24) is 20.4 Å². The highest BCUT2D eigenvalue weighted by atomic mass is 16.5. The molecular formula is C18H23N5O4. The molecule has 1 unspecified atom stereocenters. The molecule has 144 valence electrons. The predicted octanol–water partition coefficient (Wildman–Crippen LogP) is 1.95. The first-order valence-corrected chi connectivity index (χ1v) is 8.82. The smallest absolute Gasteiger partial charge is 0.321 e. The molecular weight excluding hydrogens is 350 g/mol. The minimum absolute atomic E-state index is 0.103. The maximum absolute atomic E-state index is 12.2. The van der Waals surface area contributed by atoms with E-state index in [0.29, 0.717) is 29.5 Å². The molecule has 3 rings (SSSR count). The van der Waals surface area contributed by atoms with E-state index in [2.05, 4.69) is 20.8 Å². The molecule has 0 saturated carbocycles. The molecule has 1 aliphatic heterocycles. The standard InChI is InChI=1S/C18H23N5O4/c1-12-20-16(22-27-12)11-23(2)18(25)21-14-7-5-13(6-8-14)17(24)19-10-15-4-3-9-26-15/h5-8,15H,3-4,9-11H2,1-2H3,(H,19,24)(H,21,25). The van der Waals surface area contributed by atoms with E-state index in [0.717, 1.165) is 19.4 Å². The highest BCUT2D eigenvalue weighted by molar-refractivity contribution is 5.95. The van der Waals surface area contributed by atoms with Crippen LogP contribution in [-0.2, 0) is 11.3 Å². The minimum atomic E-state index is -0.312. The first-order valence-electron chi connectivity index (χ1n) is 8.82. The van der Waals surface area contributed by atoms with Gasteiger partial charge in [0, 0.05) is 38.4 Å². The van der Waals surface area contributed by atoms with Crippen LogP contribution < -0.4 is 10.6 Å². The molecule has 2 N–H and O–H groups in total. The summed E-state index contributed by atoms with van der Waals surface area (Å²) >= 11 is 0. The van der Waals surface area contributed by atoms with Crippen molar-refractivity contribution < 1.29 is 18.8 Å². The minimum Gasteiger partial charge on any atom is -0.376 e. The summed E-state index contributed by atoms with van der Waals surface area (Å²) in [6.45, 7) is 3.19. The number of benzene rings is 1. The number of nitrogens with one attached hydrogen (secondary N) is 2. The van der Waals surface area contributed by atoms with Gasteiger partial charge in [0.25, 0.3) is 5.91 Å². The van der Waals surface area contributed by atoms with Crippen LogP contribution in [0, 0.1) is 6.92 Å². The first-order chi connectivity index (χ1) is 13.0. The fourth-order valence-corrected chi connectivity index (χ4v) is 2.73. The third kappa shape index (κ3) is 5.27. The molecule has 1 atom stereocenters. The second-order valence-electron chi connectivity index (χ2n) is 6.44. The average Bonchev–Trinajstić information content (AvgIpc) is 3.32. The summed E-state index contributed by atoms with van der Waals surface area (Å²) in [7, 11) is 1.63. The summed E-state index contributed by atoms with van der Waals surface area (Å²) in [5.41, 5.74) is 1.12. The highest BCUT2D eigenvalue weighted by Crippen LogP contribution is 2.13. The van der Waals surface area contributed by atoms with Crippen molar-refractivity contribution in [3.63, 3.8) is 0 Å². The Morgan fingerprint density at radius 1 is 1.30 bits per heavy atom. The molecule has 1 saturated heterocycles. The van der Waals surface area contributed by atoms with Crippen LogP contribution in [-0.4, -0.2) is 53.3 Å². The summed E-state index contributed by atoms with van der Waals surface area (Å²) < 4.78 is 10.4. The number of carbonyl (C=O) groups excluding carboxylic acids is 2. The van der Waals surface area contributed by atoms with Crippen LogP contribution in [0.3, 0.4) is 0 Å². The lowest BCUT2D eigenvalue weighted by Gasteiger charge is -2.16. The Hall–Kier alpha value is -2.94. The van der Waals surface area contributed by atoms with Gasteiger partial charge in [-0.3, -0.25) is 4.79 Å². The Balaban J connectivity index is 1.48. The van der Waals surface area contributed by atoms with Gasteiger partial charge in [-0.2, -0.15) is 4.98 Å². The number of hydrogen-bond donors (Lipinski definition) is 2. The van der Waals surface area contributed by atoms with Crippen LogP contribution in [0.4, 0.5) is 10.5 Å². The van der Waals surface area contributed by atoms with Crippen molar-refractivity contribution >= 4 is 17.6 Å². The SMILES string of the molecule is Cc1nc(CN(C)C(=O)Nc2ccc(C(=O)NCC3CCCO3)cc2)no1. The van der Waals surface area contributed by atoms with Gasteiger partial charge >= 0.3 is 6.03 Å². The predicted molar refractivity (Wildman–Crippen MR) is 97.3 cm³/mol. The fraction of sp³-hybridized carbons (Fsp3) is 0.444. The molecule has 1 aliphatic rings. The number of anilines is 1. The molecule has 9 heteroatoms.